The lowest BCUT2D eigenvalue weighted by Crippen LogP contribution is -2.25. The van der Waals surface area contributed by atoms with E-state index in [0.29, 0.717) is 0 Å². The molecule has 2 atom stereocenters. The summed E-state index contributed by atoms with van der Waals surface area (Å²) in [4.78, 5) is 11.6. The highest BCUT2D eigenvalue weighted by Crippen LogP contribution is 2.36. The first-order valence-corrected chi connectivity index (χ1v) is 5.50. The van der Waals surface area contributed by atoms with Crippen molar-refractivity contribution in [2.45, 2.75) is 32.8 Å². The summed E-state index contributed by atoms with van der Waals surface area (Å²) >= 11 is 0. The molecule has 1 aromatic rings. The number of ether oxygens (including phenoxy) is 1. The predicted molar refractivity (Wildman–Crippen MR) is 58.4 cm³/mol. The van der Waals surface area contributed by atoms with Gasteiger partial charge in [-0.05, 0) is 17.5 Å². The van der Waals surface area contributed by atoms with Gasteiger partial charge >= 0.3 is 5.97 Å². The van der Waals surface area contributed by atoms with Gasteiger partial charge in [-0.1, -0.05) is 38.1 Å². The Labute approximate surface area is 90.3 Å². The normalized spacial score (nSPS) is 20.0. The highest BCUT2D eigenvalue weighted by molar-refractivity contribution is 5.72. The van der Waals surface area contributed by atoms with E-state index in [9.17, 15) is 4.79 Å². The minimum atomic E-state index is -0.0722. The van der Waals surface area contributed by atoms with Crippen LogP contribution in [0.4, 0.5) is 0 Å². The molecule has 0 saturated heterocycles. The molecule has 2 heteroatoms. The number of hydrogen-bond donors (Lipinski definition) is 0. The average Bonchev–Trinajstić information content (AvgIpc) is 2.24. The van der Waals surface area contributed by atoms with Gasteiger partial charge in [0.1, 0.15) is 6.10 Å². The van der Waals surface area contributed by atoms with Crippen LogP contribution in [0.25, 0.3) is 0 Å². The topological polar surface area (TPSA) is 26.3 Å². The van der Waals surface area contributed by atoms with E-state index in [0.717, 1.165) is 12.8 Å². The lowest BCUT2D eigenvalue weighted by Gasteiger charge is -2.30. The number of esters is 1. The second-order valence-corrected chi connectivity index (χ2v) is 4.14. The minimum absolute atomic E-state index is 0.00250. The van der Waals surface area contributed by atoms with Gasteiger partial charge in [-0.15, -0.1) is 0 Å². The van der Waals surface area contributed by atoms with Gasteiger partial charge in [0.25, 0.3) is 0 Å². The Hall–Kier alpha value is -1.31. The molecule has 1 aromatic carbocycles. The van der Waals surface area contributed by atoms with Crippen molar-refractivity contribution in [2.24, 2.45) is 5.92 Å². The molecule has 0 amide bonds. The van der Waals surface area contributed by atoms with Crippen molar-refractivity contribution in [3.63, 3.8) is 0 Å². The second kappa shape index (κ2) is 4.05. The third-order valence-electron chi connectivity index (χ3n) is 3.08. The van der Waals surface area contributed by atoms with E-state index < -0.39 is 0 Å². The summed E-state index contributed by atoms with van der Waals surface area (Å²) < 4.78 is 5.43. The quantitative estimate of drug-likeness (QED) is 0.708. The zero-order valence-electron chi connectivity index (χ0n) is 9.19. The fraction of sp³-hybridized carbons (Fsp3) is 0.462. The largest absolute Gasteiger partial charge is 0.457 e. The first-order valence-electron chi connectivity index (χ1n) is 5.50. The molecule has 0 aromatic heterocycles. The Kier molecular flexibility index (Phi) is 2.76. The van der Waals surface area contributed by atoms with Crippen molar-refractivity contribution in [3.05, 3.63) is 35.4 Å². The Morgan fingerprint density at radius 1 is 1.53 bits per heavy atom. The predicted octanol–water partition coefficient (Wildman–Crippen LogP) is 2.87. The van der Waals surface area contributed by atoms with Crippen LogP contribution in [0.5, 0.6) is 0 Å². The SMILES string of the molecule is CCC(C)C(=O)OC1Cc2ccccc21. The standard InChI is InChI=1S/C13H16O2/c1-3-9(2)13(14)15-12-8-10-6-4-5-7-11(10)12/h4-7,9,12H,3,8H2,1-2H3. The average molecular weight is 204 g/mol. The van der Waals surface area contributed by atoms with Crippen LogP contribution in [0.15, 0.2) is 24.3 Å². The Morgan fingerprint density at radius 3 is 2.93 bits per heavy atom. The molecule has 0 heterocycles. The highest BCUT2D eigenvalue weighted by atomic mass is 16.5. The molecule has 0 bridgehead atoms. The van der Waals surface area contributed by atoms with E-state index in [4.69, 9.17) is 4.74 Å². The highest BCUT2D eigenvalue weighted by Gasteiger charge is 2.29. The maximum absolute atomic E-state index is 11.6. The number of fused-ring (bicyclic) bond motifs is 1. The number of carbonyl (C=O) groups is 1. The van der Waals surface area contributed by atoms with E-state index in [1.165, 1.54) is 11.1 Å². The number of benzene rings is 1. The van der Waals surface area contributed by atoms with E-state index in [2.05, 4.69) is 6.07 Å². The van der Waals surface area contributed by atoms with Crippen molar-refractivity contribution in [1.82, 2.24) is 0 Å². The molecular formula is C13H16O2. The molecule has 0 saturated carbocycles. The summed E-state index contributed by atoms with van der Waals surface area (Å²) in [6.07, 6.45) is 1.72. The van der Waals surface area contributed by atoms with Gasteiger partial charge in [-0.2, -0.15) is 0 Å². The van der Waals surface area contributed by atoms with Gasteiger partial charge in [-0.3, -0.25) is 4.79 Å². The molecule has 1 aliphatic carbocycles. The molecule has 2 unspecified atom stereocenters. The van der Waals surface area contributed by atoms with Crippen LogP contribution in [-0.4, -0.2) is 5.97 Å². The van der Waals surface area contributed by atoms with Crippen LogP contribution in [-0.2, 0) is 16.0 Å². The first-order chi connectivity index (χ1) is 7.22. The molecular weight excluding hydrogens is 188 g/mol. The molecule has 2 rings (SSSR count). The zero-order valence-corrected chi connectivity index (χ0v) is 9.19. The van der Waals surface area contributed by atoms with Gasteiger partial charge in [0, 0.05) is 6.42 Å². The van der Waals surface area contributed by atoms with Crippen LogP contribution >= 0.6 is 0 Å². The fourth-order valence-electron chi connectivity index (χ4n) is 1.74. The molecule has 15 heavy (non-hydrogen) atoms. The minimum Gasteiger partial charge on any atom is -0.457 e. The monoisotopic (exact) mass is 204 g/mol. The van der Waals surface area contributed by atoms with Gasteiger partial charge in [-0.25, -0.2) is 0 Å². The maximum atomic E-state index is 11.6. The molecule has 0 fully saturated rings. The Balaban J connectivity index is 1.98. The fourth-order valence-corrected chi connectivity index (χ4v) is 1.74. The molecule has 0 aliphatic heterocycles. The van der Waals surface area contributed by atoms with E-state index in [-0.39, 0.29) is 18.0 Å². The van der Waals surface area contributed by atoms with Crippen molar-refractivity contribution < 1.29 is 9.53 Å². The summed E-state index contributed by atoms with van der Waals surface area (Å²) in [6, 6.07) is 8.13. The lowest BCUT2D eigenvalue weighted by atomic mass is 9.85. The van der Waals surface area contributed by atoms with Gasteiger partial charge in [0.05, 0.1) is 5.92 Å². The van der Waals surface area contributed by atoms with E-state index >= 15 is 0 Å². The smallest absolute Gasteiger partial charge is 0.309 e. The Morgan fingerprint density at radius 2 is 2.27 bits per heavy atom. The van der Waals surface area contributed by atoms with Gasteiger partial charge in [0.2, 0.25) is 0 Å². The number of hydrogen-bond acceptors (Lipinski definition) is 2. The van der Waals surface area contributed by atoms with Crippen molar-refractivity contribution >= 4 is 5.97 Å². The van der Waals surface area contributed by atoms with Gasteiger partial charge < -0.3 is 4.74 Å². The summed E-state index contributed by atoms with van der Waals surface area (Å²) in [7, 11) is 0. The summed E-state index contributed by atoms with van der Waals surface area (Å²) in [5.74, 6) is -0.0604. The summed E-state index contributed by atoms with van der Waals surface area (Å²) in [5.41, 5.74) is 2.48. The molecule has 2 nitrogen and oxygen atoms in total. The summed E-state index contributed by atoms with van der Waals surface area (Å²) in [6.45, 7) is 3.91. The van der Waals surface area contributed by atoms with Crippen LogP contribution < -0.4 is 0 Å². The van der Waals surface area contributed by atoms with Crippen LogP contribution in [0.1, 0.15) is 37.5 Å². The maximum Gasteiger partial charge on any atom is 0.309 e. The van der Waals surface area contributed by atoms with Crippen molar-refractivity contribution in [3.8, 4) is 0 Å². The first kappa shape index (κ1) is 10.2. The number of carbonyl (C=O) groups excluding carboxylic acids is 1. The molecule has 0 spiro atoms. The molecule has 1 aliphatic rings. The van der Waals surface area contributed by atoms with Crippen molar-refractivity contribution in [1.29, 1.82) is 0 Å². The third-order valence-corrected chi connectivity index (χ3v) is 3.08. The summed E-state index contributed by atoms with van der Waals surface area (Å²) in [5, 5.41) is 0. The van der Waals surface area contributed by atoms with Crippen LogP contribution in [0, 0.1) is 5.92 Å². The molecule has 0 radical (unpaired) electrons. The van der Waals surface area contributed by atoms with E-state index in [1.54, 1.807) is 0 Å². The van der Waals surface area contributed by atoms with Crippen LogP contribution in [0.2, 0.25) is 0 Å². The Bertz CT molecular complexity index is 371. The second-order valence-electron chi connectivity index (χ2n) is 4.14. The van der Waals surface area contributed by atoms with Gasteiger partial charge in [0.15, 0.2) is 0 Å². The molecule has 80 valence electrons. The number of rotatable bonds is 3. The van der Waals surface area contributed by atoms with E-state index in [1.807, 2.05) is 32.0 Å². The molecule has 0 N–H and O–H groups in total. The lowest BCUT2D eigenvalue weighted by molar-refractivity contribution is -0.155. The zero-order chi connectivity index (χ0) is 10.8. The third kappa shape index (κ3) is 1.89. The van der Waals surface area contributed by atoms with Crippen molar-refractivity contribution in [2.75, 3.05) is 0 Å². The van der Waals surface area contributed by atoms with Crippen LogP contribution in [0.3, 0.4) is 0 Å².